The molecule has 2 aromatic carbocycles. The van der Waals surface area contributed by atoms with Gasteiger partial charge < -0.3 is 15.3 Å². The van der Waals surface area contributed by atoms with E-state index < -0.39 is 34.6 Å². The molecule has 5 nitrogen and oxygen atoms in total. The molecule has 158 valence electrons. The third-order valence-electron chi connectivity index (χ3n) is 4.80. The summed E-state index contributed by atoms with van der Waals surface area (Å²) in [6, 6.07) is 6.87. The molecule has 1 aliphatic heterocycles. The Morgan fingerprint density at radius 1 is 1.33 bits per heavy atom. The number of carbonyl (C=O) groups excluding carboxylic acids is 1. The molecule has 2 aromatic rings. The number of fused-ring (bicyclic) bond motifs is 1. The molecule has 0 aliphatic carbocycles. The third-order valence-corrected chi connectivity index (χ3v) is 5.09. The molecule has 1 heterocycles. The number of rotatable bonds is 4. The van der Waals surface area contributed by atoms with Crippen molar-refractivity contribution >= 4 is 28.9 Å². The van der Waals surface area contributed by atoms with Crippen molar-refractivity contribution in [3.8, 4) is 6.07 Å². The van der Waals surface area contributed by atoms with E-state index in [-0.39, 0.29) is 17.3 Å². The summed E-state index contributed by atoms with van der Waals surface area (Å²) in [5.41, 5.74) is -2.73. The number of benzene rings is 2. The minimum atomic E-state index is -4.78. The van der Waals surface area contributed by atoms with Crippen molar-refractivity contribution in [1.29, 1.82) is 5.26 Å². The second-order valence-corrected chi connectivity index (χ2v) is 7.57. The van der Waals surface area contributed by atoms with Crippen molar-refractivity contribution in [2.75, 3.05) is 23.3 Å². The van der Waals surface area contributed by atoms with Crippen LogP contribution in [0.15, 0.2) is 30.3 Å². The quantitative estimate of drug-likeness (QED) is 0.700. The van der Waals surface area contributed by atoms with E-state index in [0.29, 0.717) is 24.7 Å². The zero-order valence-electron chi connectivity index (χ0n) is 15.6. The maximum absolute atomic E-state index is 13.8. The van der Waals surface area contributed by atoms with E-state index in [2.05, 4.69) is 5.32 Å². The number of halogens is 5. The highest BCUT2D eigenvalue weighted by Gasteiger charge is 2.37. The molecule has 2 N–H and O–H groups in total. The lowest BCUT2D eigenvalue weighted by atomic mass is 10.0. The Bertz CT molecular complexity index is 1050. The summed E-state index contributed by atoms with van der Waals surface area (Å²) in [7, 11) is 0. The van der Waals surface area contributed by atoms with E-state index in [1.807, 2.05) is 0 Å². The summed E-state index contributed by atoms with van der Waals surface area (Å²) in [6.45, 7) is 1.41. The van der Waals surface area contributed by atoms with Crippen molar-refractivity contribution < 1.29 is 27.5 Å². The van der Waals surface area contributed by atoms with Gasteiger partial charge in [-0.1, -0.05) is 11.6 Å². The van der Waals surface area contributed by atoms with Gasteiger partial charge in [-0.25, -0.2) is 4.39 Å². The number of carbonyl (C=O) groups is 1. The predicted octanol–water partition coefficient (Wildman–Crippen LogP) is 4.12. The molecule has 0 spiro atoms. The lowest BCUT2D eigenvalue weighted by Gasteiger charge is -2.29. The molecule has 0 radical (unpaired) electrons. The fourth-order valence-electron chi connectivity index (χ4n) is 3.28. The van der Waals surface area contributed by atoms with Crippen molar-refractivity contribution in [3.05, 3.63) is 57.9 Å². The number of β-amino-alcohol motifs (C(OH)–C–C–N with tert-alkyl or cyclic N) is 1. The average molecular weight is 442 g/mol. The number of aliphatic hydroxyl groups is 1. The maximum atomic E-state index is 13.8. The van der Waals surface area contributed by atoms with Gasteiger partial charge in [0.2, 0.25) is 0 Å². The summed E-state index contributed by atoms with van der Waals surface area (Å²) < 4.78 is 53.1. The van der Waals surface area contributed by atoms with Gasteiger partial charge in [-0.3, -0.25) is 4.79 Å². The Kier molecular flexibility index (Phi) is 5.67. The van der Waals surface area contributed by atoms with Crippen LogP contribution in [0.25, 0.3) is 0 Å². The van der Waals surface area contributed by atoms with E-state index in [1.165, 1.54) is 25.1 Å². The number of amides is 1. The number of nitriles is 1. The van der Waals surface area contributed by atoms with Crippen molar-refractivity contribution in [2.45, 2.75) is 25.1 Å². The van der Waals surface area contributed by atoms with E-state index in [4.69, 9.17) is 16.9 Å². The Morgan fingerprint density at radius 3 is 2.67 bits per heavy atom. The second kappa shape index (κ2) is 7.78. The second-order valence-electron chi connectivity index (χ2n) is 7.16. The van der Waals surface area contributed by atoms with Crippen molar-refractivity contribution in [2.24, 2.45) is 0 Å². The Morgan fingerprint density at radius 2 is 2.03 bits per heavy atom. The van der Waals surface area contributed by atoms with Crippen LogP contribution in [-0.2, 0) is 17.4 Å². The molecule has 0 aromatic heterocycles. The summed E-state index contributed by atoms with van der Waals surface area (Å²) in [5.74, 6) is -1.58. The van der Waals surface area contributed by atoms with Gasteiger partial charge in [0.15, 0.2) is 5.60 Å². The van der Waals surface area contributed by atoms with Gasteiger partial charge in [0.25, 0.3) is 5.91 Å². The molecule has 1 aliphatic rings. The van der Waals surface area contributed by atoms with Crippen molar-refractivity contribution in [1.82, 2.24) is 0 Å². The summed E-state index contributed by atoms with van der Waals surface area (Å²) >= 11 is 5.77. The van der Waals surface area contributed by atoms with Crippen LogP contribution in [0.1, 0.15) is 23.6 Å². The number of anilines is 2. The molecule has 0 bridgehead atoms. The number of nitrogens with zero attached hydrogens (tertiary/aromatic N) is 2. The first-order valence-corrected chi connectivity index (χ1v) is 9.18. The monoisotopic (exact) mass is 441 g/mol. The Balaban J connectivity index is 1.78. The highest BCUT2D eigenvalue weighted by Crippen LogP contribution is 2.35. The maximum Gasteiger partial charge on any atom is 0.417 e. The summed E-state index contributed by atoms with van der Waals surface area (Å²) in [5, 5.41) is 21.7. The first kappa shape index (κ1) is 21.9. The molecule has 1 amide bonds. The zero-order valence-corrected chi connectivity index (χ0v) is 16.4. The van der Waals surface area contributed by atoms with Gasteiger partial charge in [0.1, 0.15) is 5.82 Å². The molecular weight excluding hydrogens is 426 g/mol. The minimum absolute atomic E-state index is 0.0265. The number of hydrogen-bond donors (Lipinski definition) is 2. The van der Waals surface area contributed by atoms with Gasteiger partial charge in [-0.05, 0) is 49.2 Å². The van der Waals surface area contributed by atoms with Gasteiger partial charge >= 0.3 is 6.18 Å². The van der Waals surface area contributed by atoms with E-state index in [9.17, 15) is 27.5 Å². The molecule has 1 unspecified atom stereocenters. The normalized spacial score (nSPS) is 15.3. The molecule has 0 fully saturated rings. The molecule has 3 rings (SSSR count). The van der Waals surface area contributed by atoms with Crippen LogP contribution >= 0.6 is 11.6 Å². The van der Waals surface area contributed by atoms with Crippen LogP contribution in [0, 0.1) is 17.1 Å². The van der Waals surface area contributed by atoms with Gasteiger partial charge in [-0.2, -0.15) is 18.4 Å². The van der Waals surface area contributed by atoms with Gasteiger partial charge in [0.05, 0.1) is 28.8 Å². The number of alkyl halides is 3. The fraction of sp³-hybridized carbons (Fsp3) is 0.300. The van der Waals surface area contributed by atoms with Crippen LogP contribution in [-0.4, -0.2) is 29.7 Å². The lowest BCUT2D eigenvalue weighted by Crippen LogP contribution is -2.49. The fourth-order valence-corrected chi connectivity index (χ4v) is 3.46. The molecule has 0 saturated heterocycles. The number of nitrogens with one attached hydrogen (secondary N) is 1. The lowest BCUT2D eigenvalue weighted by molar-refractivity contribution is -0.138. The van der Waals surface area contributed by atoms with Gasteiger partial charge in [0, 0.05) is 17.9 Å². The summed E-state index contributed by atoms with van der Waals surface area (Å²) in [4.78, 5) is 14.1. The predicted molar refractivity (Wildman–Crippen MR) is 103 cm³/mol. The molecular formula is C20H16ClF4N3O2. The largest absolute Gasteiger partial charge is 0.417 e. The summed E-state index contributed by atoms with van der Waals surface area (Å²) in [6.07, 6.45) is -4.24. The van der Waals surface area contributed by atoms with E-state index in [0.717, 1.165) is 17.7 Å². The molecule has 30 heavy (non-hydrogen) atoms. The molecule has 10 heteroatoms. The van der Waals surface area contributed by atoms with Crippen molar-refractivity contribution in [3.63, 3.8) is 0 Å². The number of hydrogen-bond acceptors (Lipinski definition) is 4. The smallest absolute Gasteiger partial charge is 0.378 e. The average Bonchev–Trinajstić information content (AvgIpc) is 3.02. The SMILES string of the molecule is CC(O)(CN1CCc2cc(Cl)c(F)cc21)C(=O)Nc1ccc(C#N)c(C(F)(F)F)c1. The first-order valence-electron chi connectivity index (χ1n) is 8.80. The zero-order chi connectivity index (χ0) is 22.3. The highest BCUT2D eigenvalue weighted by atomic mass is 35.5. The standard InChI is InChI=1S/C20H16ClF4N3O2/c1-19(30,10-28-5-4-11-6-15(21)16(22)8-17(11)28)18(29)27-13-3-2-12(9-26)14(7-13)20(23,24)25/h2-3,6-8,30H,4-5,10H2,1H3,(H,27,29). The highest BCUT2D eigenvalue weighted by molar-refractivity contribution is 6.30. The van der Waals surface area contributed by atoms with E-state index >= 15 is 0 Å². The van der Waals surface area contributed by atoms with E-state index in [1.54, 1.807) is 4.90 Å². The first-order chi connectivity index (χ1) is 13.9. The van der Waals surface area contributed by atoms with Crippen LogP contribution < -0.4 is 10.2 Å². The molecule has 0 saturated carbocycles. The van der Waals surface area contributed by atoms with Crippen LogP contribution in [0.4, 0.5) is 28.9 Å². The topological polar surface area (TPSA) is 76.4 Å². The van der Waals surface area contributed by atoms with Crippen LogP contribution in [0.3, 0.4) is 0 Å². The molecule has 1 atom stereocenters. The van der Waals surface area contributed by atoms with Crippen LogP contribution in [0.5, 0.6) is 0 Å². The van der Waals surface area contributed by atoms with Crippen LogP contribution in [0.2, 0.25) is 5.02 Å². The third kappa shape index (κ3) is 4.35. The Hall–Kier alpha value is -2.83. The Labute approximate surface area is 174 Å². The minimum Gasteiger partial charge on any atom is -0.378 e. The van der Waals surface area contributed by atoms with Gasteiger partial charge in [-0.15, -0.1) is 0 Å².